The minimum absolute atomic E-state index is 0.835. The van der Waals surface area contributed by atoms with Gasteiger partial charge in [-0.05, 0) is 23.6 Å². The Hall–Kier alpha value is -1.09. The maximum absolute atomic E-state index is 6.45. The predicted molar refractivity (Wildman–Crippen MR) is 89.5 cm³/mol. The van der Waals surface area contributed by atoms with Crippen molar-refractivity contribution in [2.24, 2.45) is 0 Å². The van der Waals surface area contributed by atoms with Crippen LogP contribution in [-0.2, 0) is 0 Å². The summed E-state index contributed by atoms with van der Waals surface area (Å²) in [5.74, 6) is 0. The van der Waals surface area contributed by atoms with E-state index in [1.807, 2.05) is 6.07 Å². The fraction of sp³-hybridized carbons (Fsp3) is 0. The van der Waals surface area contributed by atoms with Crippen LogP contribution in [0.2, 0.25) is 5.02 Å². The highest BCUT2D eigenvalue weighted by molar-refractivity contribution is 9.10. The van der Waals surface area contributed by atoms with Crippen LogP contribution in [0, 0.1) is 0 Å². The minimum atomic E-state index is 0.835. The third-order valence-electron chi connectivity index (χ3n) is 3.39. The quantitative estimate of drug-likeness (QED) is 0.335. The molecule has 0 aliphatic rings. The van der Waals surface area contributed by atoms with Crippen molar-refractivity contribution in [3.63, 3.8) is 0 Å². The molecule has 1 heterocycles. The molecule has 0 spiro atoms. The van der Waals surface area contributed by atoms with Gasteiger partial charge < -0.3 is 0 Å². The number of hydrogen-bond acceptors (Lipinski definition) is 1. The fourth-order valence-electron chi connectivity index (χ4n) is 2.59. The molecule has 3 heteroatoms. The van der Waals surface area contributed by atoms with Gasteiger partial charge in [-0.25, -0.2) is 0 Å². The smallest absolute Gasteiger partial charge is 0.0591 e. The molecular formula is C16H8BrClS. The van der Waals surface area contributed by atoms with Crippen LogP contribution in [-0.4, -0.2) is 0 Å². The molecule has 4 aromatic rings. The average molecular weight is 348 g/mol. The molecule has 0 radical (unpaired) electrons. The predicted octanol–water partition coefficient (Wildman–Crippen LogP) is 6.62. The second-order valence-corrected chi connectivity index (χ2v) is 6.81. The maximum atomic E-state index is 6.45. The zero-order valence-electron chi connectivity index (χ0n) is 9.78. The van der Waals surface area contributed by atoms with Gasteiger partial charge in [0.05, 0.1) is 9.72 Å². The molecule has 0 saturated carbocycles. The Morgan fingerprint density at radius 2 is 1.79 bits per heavy atom. The van der Waals surface area contributed by atoms with E-state index in [1.54, 1.807) is 11.3 Å². The Bertz CT molecular complexity index is 940. The van der Waals surface area contributed by atoms with Gasteiger partial charge in [-0.1, -0.05) is 57.9 Å². The van der Waals surface area contributed by atoms with E-state index in [2.05, 4.69) is 58.4 Å². The van der Waals surface area contributed by atoms with Crippen LogP contribution in [0.1, 0.15) is 0 Å². The van der Waals surface area contributed by atoms with Crippen molar-refractivity contribution in [3.05, 3.63) is 58.0 Å². The normalized spacial score (nSPS) is 11.7. The molecule has 0 amide bonds. The highest BCUT2D eigenvalue weighted by Gasteiger charge is 2.13. The topological polar surface area (TPSA) is 0 Å². The standard InChI is InChI=1S/C16H8BrClS/c17-11-6-3-4-9-8-12(18)16-15(14(9)11)10-5-1-2-7-13(10)19-16/h1-8H. The van der Waals surface area contributed by atoms with Gasteiger partial charge in [-0.3, -0.25) is 0 Å². The van der Waals surface area contributed by atoms with Crippen molar-refractivity contribution in [2.75, 3.05) is 0 Å². The summed E-state index contributed by atoms with van der Waals surface area (Å²) in [6, 6.07) is 16.8. The summed E-state index contributed by atoms with van der Waals surface area (Å²) >= 11 is 11.9. The molecular weight excluding hydrogens is 340 g/mol. The van der Waals surface area contributed by atoms with Crippen LogP contribution in [0.15, 0.2) is 53.0 Å². The van der Waals surface area contributed by atoms with Crippen molar-refractivity contribution in [1.82, 2.24) is 0 Å². The molecule has 0 N–H and O–H groups in total. The Labute approximate surface area is 127 Å². The van der Waals surface area contributed by atoms with Gasteiger partial charge in [-0.2, -0.15) is 0 Å². The van der Waals surface area contributed by atoms with E-state index in [4.69, 9.17) is 11.6 Å². The third kappa shape index (κ3) is 1.64. The Morgan fingerprint density at radius 3 is 2.68 bits per heavy atom. The molecule has 0 nitrogen and oxygen atoms in total. The molecule has 0 atom stereocenters. The highest BCUT2D eigenvalue weighted by atomic mass is 79.9. The number of thiophene rings is 1. The van der Waals surface area contributed by atoms with E-state index in [0.29, 0.717) is 0 Å². The highest BCUT2D eigenvalue weighted by Crippen LogP contribution is 2.44. The Balaban J connectivity index is 2.43. The summed E-state index contributed by atoms with van der Waals surface area (Å²) in [6.07, 6.45) is 0. The van der Waals surface area contributed by atoms with E-state index < -0.39 is 0 Å². The van der Waals surface area contributed by atoms with Gasteiger partial charge in [-0.15, -0.1) is 11.3 Å². The molecule has 3 aromatic carbocycles. The molecule has 4 rings (SSSR count). The number of benzene rings is 3. The second kappa shape index (κ2) is 4.20. The van der Waals surface area contributed by atoms with Crippen LogP contribution in [0.4, 0.5) is 0 Å². The first kappa shape index (κ1) is 11.7. The minimum Gasteiger partial charge on any atom is -0.134 e. The van der Waals surface area contributed by atoms with Crippen molar-refractivity contribution >= 4 is 69.8 Å². The Kier molecular flexibility index (Phi) is 2.59. The van der Waals surface area contributed by atoms with Crippen molar-refractivity contribution in [1.29, 1.82) is 0 Å². The summed E-state index contributed by atoms with van der Waals surface area (Å²) in [7, 11) is 0. The van der Waals surface area contributed by atoms with E-state index >= 15 is 0 Å². The van der Waals surface area contributed by atoms with E-state index in [1.165, 1.54) is 30.9 Å². The summed E-state index contributed by atoms with van der Waals surface area (Å²) < 4.78 is 3.57. The molecule has 0 fully saturated rings. The van der Waals surface area contributed by atoms with Crippen LogP contribution in [0.5, 0.6) is 0 Å². The summed E-state index contributed by atoms with van der Waals surface area (Å²) in [5.41, 5.74) is 0. The number of halogens is 2. The SMILES string of the molecule is Clc1cc2cccc(Br)c2c2c1sc1ccccc12. The molecule has 0 bridgehead atoms. The first-order valence-electron chi connectivity index (χ1n) is 5.93. The third-order valence-corrected chi connectivity index (χ3v) is 5.67. The molecule has 0 saturated heterocycles. The molecule has 1 aromatic heterocycles. The van der Waals surface area contributed by atoms with Gasteiger partial charge in [0.15, 0.2) is 0 Å². The monoisotopic (exact) mass is 346 g/mol. The van der Waals surface area contributed by atoms with Crippen LogP contribution < -0.4 is 0 Å². The lowest BCUT2D eigenvalue weighted by molar-refractivity contribution is 1.76. The van der Waals surface area contributed by atoms with Gasteiger partial charge in [0.2, 0.25) is 0 Å². The van der Waals surface area contributed by atoms with Crippen LogP contribution in [0.25, 0.3) is 30.9 Å². The van der Waals surface area contributed by atoms with Gasteiger partial charge in [0.25, 0.3) is 0 Å². The van der Waals surface area contributed by atoms with Gasteiger partial charge in [0, 0.05) is 25.3 Å². The first-order chi connectivity index (χ1) is 9.25. The van der Waals surface area contributed by atoms with Gasteiger partial charge >= 0.3 is 0 Å². The van der Waals surface area contributed by atoms with Crippen LogP contribution in [0.3, 0.4) is 0 Å². The summed E-state index contributed by atoms with van der Waals surface area (Å²) in [6.45, 7) is 0. The molecule has 0 aliphatic heterocycles. The molecule has 0 aliphatic carbocycles. The molecule has 92 valence electrons. The summed E-state index contributed by atoms with van der Waals surface area (Å²) in [5, 5.41) is 5.80. The lowest BCUT2D eigenvalue weighted by Crippen LogP contribution is -1.77. The lowest BCUT2D eigenvalue weighted by atomic mass is 10.0. The number of rotatable bonds is 0. The largest absolute Gasteiger partial charge is 0.134 e. The van der Waals surface area contributed by atoms with Crippen LogP contribution >= 0.6 is 38.9 Å². The van der Waals surface area contributed by atoms with Crippen molar-refractivity contribution in [2.45, 2.75) is 0 Å². The zero-order chi connectivity index (χ0) is 13.0. The second-order valence-electron chi connectivity index (χ2n) is 4.50. The average Bonchev–Trinajstić information content (AvgIpc) is 2.79. The molecule has 19 heavy (non-hydrogen) atoms. The number of hydrogen-bond donors (Lipinski definition) is 0. The lowest BCUT2D eigenvalue weighted by Gasteiger charge is -2.05. The summed E-state index contributed by atoms with van der Waals surface area (Å²) in [4.78, 5) is 0. The fourth-order valence-corrected chi connectivity index (χ4v) is 4.61. The van der Waals surface area contributed by atoms with E-state index in [-0.39, 0.29) is 0 Å². The van der Waals surface area contributed by atoms with Crippen molar-refractivity contribution in [3.8, 4) is 0 Å². The first-order valence-corrected chi connectivity index (χ1v) is 7.92. The van der Waals surface area contributed by atoms with E-state index in [9.17, 15) is 0 Å². The van der Waals surface area contributed by atoms with Crippen molar-refractivity contribution < 1.29 is 0 Å². The van der Waals surface area contributed by atoms with Gasteiger partial charge in [0.1, 0.15) is 0 Å². The zero-order valence-corrected chi connectivity index (χ0v) is 12.9. The maximum Gasteiger partial charge on any atom is 0.0591 e. The number of fused-ring (bicyclic) bond motifs is 5. The van der Waals surface area contributed by atoms with E-state index in [0.717, 1.165) is 9.50 Å². The Morgan fingerprint density at radius 1 is 0.947 bits per heavy atom. The molecule has 0 unspecified atom stereocenters.